The van der Waals surface area contributed by atoms with E-state index in [4.69, 9.17) is 9.47 Å². The highest BCUT2D eigenvalue weighted by Gasteiger charge is 2.35. The van der Waals surface area contributed by atoms with Gasteiger partial charge in [-0.05, 0) is 19.4 Å². The first kappa shape index (κ1) is 15.3. The van der Waals surface area contributed by atoms with Gasteiger partial charge in [-0.25, -0.2) is 4.98 Å². The summed E-state index contributed by atoms with van der Waals surface area (Å²) in [4.78, 5) is 5.75. The Kier molecular flexibility index (Phi) is 4.07. The Balaban J connectivity index is 2.13. The number of H-pyrrole nitrogens is 1. The number of rotatable bonds is 2. The Hall–Kier alpha value is -1.64. The molecular weight excluding hydrogens is 278 g/mol. The fourth-order valence-electron chi connectivity index (χ4n) is 3.32. The van der Waals surface area contributed by atoms with Gasteiger partial charge in [0.25, 0.3) is 5.82 Å². The Bertz CT molecular complexity index is 613. The van der Waals surface area contributed by atoms with Crippen molar-refractivity contribution in [1.82, 2.24) is 0 Å². The van der Waals surface area contributed by atoms with E-state index in [0.717, 1.165) is 42.9 Å². The number of nitriles is 1. The van der Waals surface area contributed by atoms with Gasteiger partial charge < -0.3 is 9.47 Å². The molecular formula is C17H24N3O2+. The first-order valence-electron chi connectivity index (χ1n) is 8.02. The maximum absolute atomic E-state index is 9.77. The number of fused-ring (bicyclic) bond motifs is 1. The number of nitrogens with zero attached hydrogens (tertiary/aromatic N) is 2. The average molecular weight is 302 g/mol. The van der Waals surface area contributed by atoms with Gasteiger partial charge in [0.05, 0.1) is 25.4 Å². The molecule has 1 fully saturated rings. The summed E-state index contributed by atoms with van der Waals surface area (Å²) in [5.74, 6) is 0.958. The number of aromatic nitrogens is 1. The summed E-state index contributed by atoms with van der Waals surface area (Å²) in [7, 11) is 0. The van der Waals surface area contributed by atoms with Gasteiger partial charge in [-0.3, -0.25) is 4.90 Å². The molecule has 0 aromatic carbocycles. The predicted octanol–water partition coefficient (Wildman–Crippen LogP) is 1.62. The van der Waals surface area contributed by atoms with Crippen LogP contribution in [0.2, 0.25) is 0 Å². The van der Waals surface area contributed by atoms with Crippen molar-refractivity contribution in [1.29, 1.82) is 5.26 Å². The molecule has 22 heavy (non-hydrogen) atoms. The Morgan fingerprint density at radius 1 is 1.27 bits per heavy atom. The van der Waals surface area contributed by atoms with Crippen molar-refractivity contribution in [2.24, 2.45) is 0 Å². The van der Waals surface area contributed by atoms with Crippen molar-refractivity contribution >= 4 is 5.82 Å². The molecule has 0 spiro atoms. The van der Waals surface area contributed by atoms with Crippen molar-refractivity contribution < 1.29 is 14.5 Å². The van der Waals surface area contributed by atoms with Gasteiger partial charge in [-0.1, -0.05) is 6.92 Å². The standard InChI is InChI=1S/C17H23N3O2/c1-4-15-14-11-22-17(2,3)9-12(14)13(10-18)16(19-15)20-5-7-21-8-6-20/h4-9,11H2,1-3H3/p+1. The number of pyridine rings is 1. The van der Waals surface area contributed by atoms with Crippen molar-refractivity contribution in [3.63, 3.8) is 0 Å². The quantitative estimate of drug-likeness (QED) is 0.833. The lowest BCUT2D eigenvalue weighted by atomic mass is 9.87. The normalized spacial score (nSPS) is 20.4. The third-order valence-electron chi connectivity index (χ3n) is 4.54. The molecule has 0 amide bonds. The molecule has 0 unspecified atom stereocenters. The largest absolute Gasteiger partial charge is 0.373 e. The van der Waals surface area contributed by atoms with Crippen LogP contribution in [-0.4, -0.2) is 31.9 Å². The second-order valence-electron chi connectivity index (χ2n) is 6.57. The fourth-order valence-corrected chi connectivity index (χ4v) is 3.32. The minimum atomic E-state index is -0.215. The summed E-state index contributed by atoms with van der Waals surface area (Å²) in [6.45, 7) is 9.99. The summed E-state index contributed by atoms with van der Waals surface area (Å²) in [6, 6.07) is 2.44. The zero-order valence-electron chi connectivity index (χ0n) is 13.7. The van der Waals surface area contributed by atoms with E-state index in [9.17, 15) is 5.26 Å². The van der Waals surface area contributed by atoms with Crippen molar-refractivity contribution in [2.75, 3.05) is 31.2 Å². The maximum atomic E-state index is 9.77. The zero-order valence-corrected chi connectivity index (χ0v) is 13.7. The van der Waals surface area contributed by atoms with Crippen molar-refractivity contribution in [2.45, 2.75) is 45.8 Å². The van der Waals surface area contributed by atoms with E-state index in [1.165, 1.54) is 11.3 Å². The molecule has 0 bridgehead atoms. The van der Waals surface area contributed by atoms with Crippen molar-refractivity contribution in [3.05, 3.63) is 22.4 Å². The topological polar surface area (TPSA) is 59.6 Å². The molecule has 0 radical (unpaired) electrons. The molecule has 0 aliphatic carbocycles. The molecule has 1 aromatic rings. The lowest BCUT2D eigenvalue weighted by Crippen LogP contribution is -2.42. The molecule has 1 N–H and O–H groups in total. The van der Waals surface area contributed by atoms with Crippen LogP contribution in [0.3, 0.4) is 0 Å². The van der Waals surface area contributed by atoms with Crippen LogP contribution in [0.4, 0.5) is 5.82 Å². The van der Waals surface area contributed by atoms with Crippen LogP contribution in [0.1, 0.15) is 43.2 Å². The monoisotopic (exact) mass is 302 g/mol. The van der Waals surface area contributed by atoms with Crippen LogP contribution in [-0.2, 0) is 28.9 Å². The molecule has 0 atom stereocenters. The lowest BCUT2D eigenvalue weighted by molar-refractivity contribution is -0.378. The van der Waals surface area contributed by atoms with Crippen LogP contribution in [0.5, 0.6) is 0 Å². The molecule has 1 saturated heterocycles. The molecule has 5 heteroatoms. The summed E-state index contributed by atoms with van der Waals surface area (Å²) >= 11 is 0. The van der Waals surface area contributed by atoms with E-state index in [1.807, 2.05) is 0 Å². The first-order valence-corrected chi connectivity index (χ1v) is 8.02. The minimum Gasteiger partial charge on any atom is -0.373 e. The number of aryl methyl sites for hydroxylation is 1. The molecule has 2 aliphatic heterocycles. The number of hydrogen-bond acceptors (Lipinski definition) is 4. The van der Waals surface area contributed by atoms with Gasteiger partial charge in [0, 0.05) is 18.4 Å². The number of anilines is 1. The average Bonchev–Trinajstić information content (AvgIpc) is 2.53. The highest BCUT2D eigenvalue weighted by Crippen LogP contribution is 2.33. The summed E-state index contributed by atoms with van der Waals surface area (Å²) in [6.07, 6.45) is 1.69. The van der Waals surface area contributed by atoms with Gasteiger partial charge in [0.2, 0.25) is 0 Å². The number of nitrogens with one attached hydrogen (secondary N) is 1. The smallest absolute Gasteiger partial charge is 0.293 e. The van der Waals surface area contributed by atoms with Crippen LogP contribution < -0.4 is 9.88 Å². The zero-order chi connectivity index (χ0) is 15.7. The minimum absolute atomic E-state index is 0.215. The fraction of sp³-hybridized carbons (Fsp3) is 0.647. The van der Waals surface area contributed by atoms with Crippen LogP contribution in [0.25, 0.3) is 0 Å². The molecule has 118 valence electrons. The summed E-state index contributed by atoms with van der Waals surface area (Å²) in [5.41, 5.74) is 4.09. The Morgan fingerprint density at radius 2 is 2.00 bits per heavy atom. The third kappa shape index (κ3) is 2.69. The van der Waals surface area contributed by atoms with E-state index in [2.05, 4.69) is 36.7 Å². The number of aromatic amines is 1. The summed E-state index contributed by atoms with van der Waals surface area (Å²) in [5, 5.41) is 9.77. The number of ether oxygens (including phenoxy) is 2. The van der Waals surface area contributed by atoms with Crippen LogP contribution >= 0.6 is 0 Å². The highest BCUT2D eigenvalue weighted by atomic mass is 16.5. The van der Waals surface area contributed by atoms with Gasteiger partial charge in [-0.2, -0.15) is 5.26 Å². The highest BCUT2D eigenvalue weighted by molar-refractivity contribution is 5.58. The van der Waals surface area contributed by atoms with Crippen LogP contribution in [0.15, 0.2) is 0 Å². The second-order valence-corrected chi connectivity index (χ2v) is 6.57. The molecule has 0 saturated carbocycles. The molecule has 3 rings (SSSR count). The first-order chi connectivity index (χ1) is 10.6. The third-order valence-corrected chi connectivity index (χ3v) is 4.54. The number of hydrogen-bond donors (Lipinski definition) is 0. The van der Waals surface area contributed by atoms with Crippen LogP contribution in [0, 0.1) is 11.3 Å². The molecule has 5 nitrogen and oxygen atoms in total. The second kappa shape index (κ2) is 5.86. The van der Waals surface area contributed by atoms with Gasteiger partial charge in [0.15, 0.2) is 0 Å². The lowest BCUT2D eigenvalue weighted by Gasteiger charge is -2.33. The van der Waals surface area contributed by atoms with Crippen molar-refractivity contribution in [3.8, 4) is 6.07 Å². The SMILES string of the molecule is CCc1[nH+]c(N2CCOCC2)c(C#N)c2c1COC(C)(C)C2. The van der Waals surface area contributed by atoms with E-state index in [1.54, 1.807) is 0 Å². The molecule has 2 aliphatic rings. The van der Waals surface area contributed by atoms with Gasteiger partial charge in [-0.15, -0.1) is 0 Å². The Morgan fingerprint density at radius 3 is 2.64 bits per heavy atom. The van der Waals surface area contributed by atoms with E-state index < -0.39 is 0 Å². The van der Waals surface area contributed by atoms with E-state index in [0.29, 0.717) is 19.8 Å². The molecule has 1 aromatic heterocycles. The van der Waals surface area contributed by atoms with E-state index in [-0.39, 0.29) is 5.60 Å². The predicted molar refractivity (Wildman–Crippen MR) is 82.7 cm³/mol. The van der Waals surface area contributed by atoms with E-state index >= 15 is 0 Å². The Labute approximate surface area is 131 Å². The van der Waals surface area contributed by atoms with Gasteiger partial charge >= 0.3 is 0 Å². The summed E-state index contributed by atoms with van der Waals surface area (Å²) < 4.78 is 11.4. The maximum Gasteiger partial charge on any atom is 0.293 e. The molecule has 3 heterocycles. The number of morpholine rings is 1. The van der Waals surface area contributed by atoms with Gasteiger partial charge in [0.1, 0.15) is 30.4 Å².